The minimum atomic E-state index is 0.0826. The molecule has 2 aliphatic rings. The van der Waals surface area contributed by atoms with Crippen LogP contribution < -0.4 is 4.74 Å². The Bertz CT molecular complexity index is 778. The lowest BCUT2D eigenvalue weighted by atomic mass is 10.0. The molecule has 1 N–H and O–H groups in total. The molecule has 1 atom stereocenters. The summed E-state index contributed by atoms with van der Waals surface area (Å²) in [6, 6.07) is 7.80. The Morgan fingerprint density at radius 1 is 1.39 bits per heavy atom. The highest BCUT2D eigenvalue weighted by Gasteiger charge is 2.31. The number of hydrogen-bond donors (Lipinski definition) is 1. The molecule has 0 aliphatic carbocycles. The zero-order valence-electron chi connectivity index (χ0n) is 13.1. The van der Waals surface area contributed by atoms with Crippen LogP contribution in [-0.4, -0.2) is 40.7 Å². The van der Waals surface area contributed by atoms with Gasteiger partial charge in [-0.1, -0.05) is 18.2 Å². The zero-order chi connectivity index (χ0) is 15.8. The van der Waals surface area contributed by atoms with Crippen LogP contribution in [0, 0.1) is 6.92 Å². The monoisotopic (exact) mass is 309 g/mol. The Labute approximate surface area is 135 Å². The third-order valence-corrected chi connectivity index (χ3v) is 4.66. The van der Waals surface area contributed by atoms with Crippen LogP contribution in [0.5, 0.6) is 5.75 Å². The van der Waals surface area contributed by atoms with Gasteiger partial charge in [-0.2, -0.15) is 5.10 Å². The lowest BCUT2D eigenvalue weighted by Crippen LogP contribution is -2.32. The predicted octanol–water partition coefficient (Wildman–Crippen LogP) is 2.51. The number of aryl methyl sites for hydroxylation is 1. The molecule has 1 saturated heterocycles. The third-order valence-electron chi connectivity index (χ3n) is 4.66. The van der Waals surface area contributed by atoms with Gasteiger partial charge in [0.2, 0.25) is 0 Å². The molecule has 5 heteroatoms. The molecule has 4 rings (SSSR count). The lowest BCUT2D eigenvalue weighted by molar-refractivity contribution is -0.126. The van der Waals surface area contributed by atoms with Gasteiger partial charge >= 0.3 is 0 Å². The Balaban J connectivity index is 1.51. The van der Waals surface area contributed by atoms with Crippen LogP contribution in [-0.2, 0) is 4.79 Å². The Morgan fingerprint density at radius 3 is 3.09 bits per heavy atom. The van der Waals surface area contributed by atoms with E-state index in [0.29, 0.717) is 12.5 Å². The minimum absolute atomic E-state index is 0.0826. The quantitative estimate of drug-likeness (QED) is 0.927. The van der Waals surface area contributed by atoms with E-state index >= 15 is 0 Å². The van der Waals surface area contributed by atoms with Gasteiger partial charge in [-0.3, -0.25) is 9.89 Å². The fraction of sp³-hybridized carbons (Fsp3) is 0.333. The molecule has 0 bridgehead atoms. The van der Waals surface area contributed by atoms with E-state index in [2.05, 4.69) is 17.1 Å². The van der Waals surface area contributed by atoms with Crippen LogP contribution >= 0.6 is 0 Å². The van der Waals surface area contributed by atoms with Crippen molar-refractivity contribution < 1.29 is 9.53 Å². The number of aromatic amines is 1. The number of ether oxygens (including phenoxy) is 1. The molecule has 1 aromatic carbocycles. The Morgan fingerprint density at radius 2 is 2.26 bits per heavy atom. The highest BCUT2D eigenvalue weighted by molar-refractivity contribution is 5.99. The number of benzene rings is 1. The molecule has 5 nitrogen and oxygen atoms in total. The van der Waals surface area contributed by atoms with Crippen LogP contribution in [0.4, 0.5) is 0 Å². The summed E-state index contributed by atoms with van der Waals surface area (Å²) in [7, 11) is 0. The van der Waals surface area contributed by atoms with E-state index in [0.717, 1.165) is 42.1 Å². The molecule has 2 aliphatic heterocycles. The number of aromatic nitrogens is 2. The van der Waals surface area contributed by atoms with Crippen LogP contribution in [0.1, 0.15) is 29.2 Å². The number of carbonyl (C=O) groups excluding carboxylic acids is 1. The standard InChI is InChI=1S/C18H19N3O2/c1-12-9-19-20-17(12)14-6-7-21(10-14)18(22)15-8-13-4-2-3-5-16(13)23-11-15/h2-5,8-9,14H,6-7,10-11H2,1H3,(H,19,20). The predicted molar refractivity (Wildman–Crippen MR) is 87.2 cm³/mol. The molecule has 2 aromatic rings. The van der Waals surface area contributed by atoms with Crippen LogP contribution in [0.25, 0.3) is 6.08 Å². The molecule has 23 heavy (non-hydrogen) atoms. The lowest BCUT2D eigenvalue weighted by Gasteiger charge is -2.22. The first-order chi connectivity index (χ1) is 11.2. The van der Waals surface area contributed by atoms with Crippen molar-refractivity contribution in [2.75, 3.05) is 19.7 Å². The second-order valence-corrected chi connectivity index (χ2v) is 6.20. The van der Waals surface area contributed by atoms with Gasteiger partial charge < -0.3 is 9.64 Å². The second-order valence-electron chi connectivity index (χ2n) is 6.20. The maximum absolute atomic E-state index is 12.8. The van der Waals surface area contributed by atoms with E-state index in [1.54, 1.807) is 0 Å². The smallest absolute Gasteiger partial charge is 0.253 e. The topological polar surface area (TPSA) is 58.2 Å². The summed E-state index contributed by atoms with van der Waals surface area (Å²) in [5.41, 5.74) is 4.02. The highest BCUT2D eigenvalue weighted by Crippen LogP contribution is 2.31. The molecule has 118 valence electrons. The molecule has 3 heterocycles. The first-order valence-electron chi connectivity index (χ1n) is 7.94. The van der Waals surface area contributed by atoms with Gasteiger partial charge in [0.25, 0.3) is 5.91 Å². The van der Waals surface area contributed by atoms with Gasteiger partial charge in [-0.25, -0.2) is 0 Å². The Hall–Kier alpha value is -2.56. The number of rotatable bonds is 2. The molecule has 1 aromatic heterocycles. The SMILES string of the molecule is Cc1cn[nH]c1C1CCN(C(=O)C2=Cc3ccccc3OC2)C1. The van der Waals surface area contributed by atoms with Crippen molar-refractivity contribution in [1.82, 2.24) is 15.1 Å². The normalized spacial score (nSPS) is 20.0. The number of fused-ring (bicyclic) bond motifs is 1. The van der Waals surface area contributed by atoms with E-state index in [4.69, 9.17) is 4.74 Å². The molecular weight excluding hydrogens is 290 g/mol. The fourth-order valence-electron chi connectivity index (χ4n) is 3.39. The van der Waals surface area contributed by atoms with Crippen LogP contribution in [0.2, 0.25) is 0 Å². The van der Waals surface area contributed by atoms with Crippen molar-refractivity contribution in [1.29, 1.82) is 0 Å². The van der Waals surface area contributed by atoms with Crippen molar-refractivity contribution in [3.05, 3.63) is 52.9 Å². The van der Waals surface area contributed by atoms with E-state index in [1.807, 2.05) is 41.4 Å². The summed E-state index contributed by atoms with van der Waals surface area (Å²) >= 11 is 0. The number of hydrogen-bond acceptors (Lipinski definition) is 3. The van der Waals surface area contributed by atoms with Crippen LogP contribution in [0.15, 0.2) is 36.0 Å². The Kier molecular flexibility index (Phi) is 3.41. The summed E-state index contributed by atoms with van der Waals surface area (Å²) in [6.07, 6.45) is 4.77. The van der Waals surface area contributed by atoms with Crippen molar-refractivity contribution in [3.63, 3.8) is 0 Å². The van der Waals surface area contributed by atoms with Crippen LogP contribution in [0.3, 0.4) is 0 Å². The van der Waals surface area contributed by atoms with Gasteiger partial charge in [0.05, 0.1) is 11.8 Å². The number of amides is 1. The molecule has 1 amide bonds. The average Bonchev–Trinajstić information content (AvgIpc) is 3.22. The van der Waals surface area contributed by atoms with Gasteiger partial charge in [-0.05, 0) is 31.1 Å². The summed E-state index contributed by atoms with van der Waals surface area (Å²) in [5.74, 6) is 1.27. The van der Waals surface area contributed by atoms with Gasteiger partial charge in [-0.15, -0.1) is 0 Å². The summed E-state index contributed by atoms with van der Waals surface area (Å²) in [5, 5.41) is 7.16. The molecule has 0 spiro atoms. The van der Waals surface area contributed by atoms with Crippen molar-refractivity contribution in [2.45, 2.75) is 19.3 Å². The second kappa shape index (κ2) is 5.57. The number of nitrogens with one attached hydrogen (secondary N) is 1. The largest absolute Gasteiger partial charge is 0.488 e. The zero-order valence-corrected chi connectivity index (χ0v) is 13.1. The number of carbonyl (C=O) groups is 1. The van der Waals surface area contributed by atoms with Crippen molar-refractivity contribution >= 4 is 12.0 Å². The summed E-state index contributed by atoms with van der Waals surface area (Å²) in [6.45, 7) is 3.92. The van der Waals surface area contributed by atoms with Gasteiger partial charge in [0, 0.05) is 30.3 Å². The number of H-pyrrole nitrogens is 1. The molecular formula is C18H19N3O2. The maximum Gasteiger partial charge on any atom is 0.253 e. The average molecular weight is 309 g/mol. The van der Waals surface area contributed by atoms with E-state index in [9.17, 15) is 4.79 Å². The van der Waals surface area contributed by atoms with E-state index in [1.165, 1.54) is 5.56 Å². The summed E-state index contributed by atoms with van der Waals surface area (Å²) < 4.78 is 5.70. The number of likely N-dealkylation sites (tertiary alicyclic amines) is 1. The fourth-order valence-corrected chi connectivity index (χ4v) is 3.39. The first-order valence-corrected chi connectivity index (χ1v) is 7.94. The molecule has 1 unspecified atom stereocenters. The molecule has 1 fully saturated rings. The molecule has 0 saturated carbocycles. The van der Waals surface area contributed by atoms with Crippen molar-refractivity contribution in [3.8, 4) is 5.75 Å². The number of para-hydroxylation sites is 1. The highest BCUT2D eigenvalue weighted by atomic mass is 16.5. The maximum atomic E-state index is 12.8. The van der Waals surface area contributed by atoms with Gasteiger partial charge in [0.1, 0.15) is 12.4 Å². The minimum Gasteiger partial charge on any atom is -0.488 e. The third kappa shape index (κ3) is 2.52. The summed E-state index contributed by atoms with van der Waals surface area (Å²) in [4.78, 5) is 14.7. The van der Waals surface area contributed by atoms with Gasteiger partial charge in [0.15, 0.2) is 0 Å². The van der Waals surface area contributed by atoms with E-state index < -0.39 is 0 Å². The number of nitrogens with zero attached hydrogens (tertiary/aromatic N) is 2. The first kappa shape index (κ1) is 14.1. The molecule has 0 radical (unpaired) electrons. The van der Waals surface area contributed by atoms with Crippen molar-refractivity contribution in [2.24, 2.45) is 0 Å². The van der Waals surface area contributed by atoms with E-state index in [-0.39, 0.29) is 5.91 Å².